The first-order valence-corrected chi connectivity index (χ1v) is 6.20. The summed E-state index contributed by atoms with van der Waals surface area (Å²) in [4.78, 5) is 13.4. The number of benzene rings is 1. The van der Waals surface area contributed by atoms with E-state index in [4.69, 9.17) is 4.74 Å². The van der Waals surface area contributed by atoms with Gasteiger partial charge < -0.3 is 20.1 Å². The number of aliphatic hydroxyl groups excluding tert-OH is 1. The molecule has 19 heavy (non-hydrogen) atoms. The number of urea groups is 1. The summed E-state index contributed by atoms with van der Waals surface area (Å²) in [5, 5.41) is 12.4. The molecule has 0 saturated carbocycles. The number of hydrogen-bond acceptors (Lipinski definition) is 3. The first-order valence-electron chi connectivity index (χ1n) is 6.20. The lowest BCUT2D eigenvalue weighted by Gasteiger charge is -2.21. The highest BCUT2D eigenvalue weighted by Gasteiger charge is 2.14. The van der Waals surface area contributed by atoms with E-state index in [9.17, 15) is 9.90 Å². The number of aryl methyl sites for hydroxylation is 2. The molecule has 1 unspecified atom stereocenters. The van der Waals surface area contributed by atoms with Crippen molar-refractivity contribution in [2.24, 2.45) is 0 Å². The summed E-state index contributed by atoms with van der Waals surface area (Å²) in [5.74, 6) is 0. The second-order valence-electron chi connectivity index (χ2n) is 4.74. The molecule has 0 radical (unpaired) electrons. The van der Waals surface area contributed by atoms with Crippen LogP contribution in [-0.4, -0.2) is 49.5 Å². The summed E-state index contributed by atoms with van der Waals surface area (Å²) < 4.78 is 4.83. The number of aliphatic hydroxyl groups is 1. The Hall–Kier alpha value is -1.59. The van der Waals surface area contributed by atoms with Crippen LogP contribution in [-0.2, 0) is 4.74 Å². The fourth-order valence-electron chi connectivity index (χ4n) is 1.81. The molecule has 0 fully saturated rings. The molecule has 0 aliphatic heterocycles. The maximum absolute atomic E-state index is 12.0. The summed E-state index contributed by atoms with van der Waals surface area (Å²) in [7, 11) is 3.15. The summed E-state index contributed by atoms with van der Waals surface area (Å²) in [6.07, 6.45) is -0.681. The molecule has 0 aliphatic rings. The van der Waals surface area contributed by atoms with E-state index in [1.165, 1.54) is 12.0 Å². The molecule has 1 rings (SSSR count). The summed E-state index contributed by atoms with van der Waals surface area (Å²) in [5.41, 5.74) is 2.95. The highest BCUT2D eigenvalue weighted by atomic mass is 16.5. The number of amides is 2. The van der Waals surface area contributed by atoms with Crippen LogP contribution in [0.3, 0.4) is 0 Å². The summed E-state index contributed by atoms with van der Waals surface area (Å²) >= 11 is 0. The number of anilines is 1. The molecule has 1 atom stereocenters. The van der Waals surface area contributed by atoms with Crippen molar-refractivity contribution in [1.29, 1.82) is 0 Å². The number of hydrogen-bond donors (Lipinski definition) is 2. The van der Waals surface area contributed by atoms with Gasteiger partial charge in [0.1, 0.15) is 0 Å². The molecular formula is C14H22N2O3. The van der Waals surface area contributed by atoms with Gasteiger partial charge in [0, 0.05) is 19.8 Å². The lowest BCUT2D eigenvalue weighted by molar-refractivity contribution is 0.0501. The van der Waals surface area contributed by atoms with Crippen LogP contribution in [0.2, 0.25) is 0 Å². The van der Waals surface area contributed by atoms with E-state index < -0.39 is 6.10 Å². The predicted molar refractivity (Wildman–Crippen MR) is 75.4 cm³/mol. The summed E-state index contributed by atoms with van der Waals surface area (Å²) in [6.45, 7) is 4.39. The van der Waals surface area contributed by atoms with Gasteiger partial charge in [0.15, 0.2) is 0 Å². The topological polar surface area (TPSA) is 61.8 Å². The molecule has 0 aromatic heterocycles. The Balaban J connectivity index is 2.58. The Morgan fingerprint density at radius 3 is 2.74 bits per heavy atom. The van der Waals surface area contributed by atoms with Crippen LogP contribution in [0.25, 0.3) is 0 Å². The molecule has 1 aromatic rings. The van der Waals surface area contributed by atoms with Crippen molar-refractivity contribution in [3.8, 4) is 0 Å². The van der Waals surface area contributed by atoms with Crippen LogP contribution in [0.5, 0.6) is 0 Å². The van der Waals surface area contributed by atoms with E-state index in [-0.39, 0.29) is 19.2 Å². The van der Waals surface area contributed by atoms with Crippen molar-refractivity contribution in [2.75, 3.05) is 32.6 Å². The number of nitrogens with zero attached hydrogens (tertiary/aromatic N) is 1. The Labute approximate surface area is 114 Å². The fraction of sp³-hybridized carbons (Fsp3) is 0.500. The Morgan fingerprint density at radius 1 is 1.47 bits per heavy atom. The molecule has 2 amide bonds. The standard InChI is InChI=1S/C14H22N2O3/c1-10-5-6-13(11(2)7-10)15-14(18)16(3)8-12(17)9-19-4/h5-7,12,17H,8-9H2,1-4H3,(H,15,18). The smallest absolute Gasteiger partial charge is 0.321 e. The van der Waals surface area contributed by atoms with Crippen LogP contribution >= 0.6 is 0 Å². The fourth-order valence-corrected chi connectivity index (χ4v) is 1.81. The third-order valence-electron chi connectivity index (χ3n) is 2.81. The zero-order valence-corrected chi connectivity index (χ0v) is 11.9. The number of methoxy groups -OCH3 is 1. The van der Waals surface area contributed by atoms with E-state index in [0.717, 1.165) is 16.8 Å². The zero-order valence-electron chi connectivity index (χ0n) is 11.9. The van der Waals surface area contributed by atoms with Crippen molar-refractivity contribution < 1.29 is 14.6 Å². The maximum atomic E-state index is 12.0. The molecule has 106 valence electrons. The average molecular weight is 266 g/mol. The Kier molecular flexibility index (Phi) is 5.79. The molecule has 1 aromatic carbocycles. The minimum atomic E-state index is -0.681. The number of nitrogens with one attached hydrogen (secondary N) is 1. The average Bonchev–Trinajstić information content (AvgIpc) is 2.32. The molecule has 0 bridgehead atoms. The molecule has 0 saturated heterocycles. The normalized spacial score (nSPS) is 12.1. The van der Waals surface area contributed by atoms with Crippen molar-refractivity contribution in [3.63, 3.8) is 0 Å². The van der Waals surface area contributed by atoms with Crippen LogP contribution in [0.1, 0.15) is 11.1 Å². The SMILES string of the molecule is COCC(O)CN(C)C(=O)Nc1ccc(C)cc1C. The minimum absolute atomic E-state index is 0.210. The summed E-state index contributed by atoms with van der Waals surface area (Å²) in [6, 6.07) is 5.59. The Bertz CT molecular complexity index is 435. The maximum Gasteiger partial charge on any atom is 0.321 e. The van der Waals surface area contributed by atoms with Gasteiger partial charge in [-0.1, -0.05) is 17.7 Å². The number of likely N-dealkylation sites (N-methyl/N-ethyl adjacent to an activating group) is 1. The van der Waals surface area contributed by atoms with Crippen molar-refractivity contribution >= 4 is 11.7 Å². The molecule has 2 N–H and O–H groups in total. The number of rotatable bonds is 5. The zero-order chi connectivity index (χ0) is 14.4. The van der Waals surface area contributed by atoms with Gasteiger partial charge in [-0.3, -0.25) is 0 Å². The highest BCUT2D eigenvalue weighted by Crippen LogP contribution is 2.16. The van der Waals surface area contributed by atoms with Gasteiger partial charge in [0.25, 0.3) is 0 Å². The van der Waals surface area contributed by atoms with Gasteiger partial charge in [-0.25, -0.2) is 4.79 Å². The highest BCUT2D eigenvalue weighted by molar-refractivity contribution is 5.90. The molecule has 5 heteroatoms. The minimum Gasteiger partial charge on any atom is -0.389 e. The van der Waals surface area contributed by atoms with Crippen LogP contribution in [0, 0.1) is 13.8 Å². The van der Waals surface area contributed by atoms with Crippen LogP contribution in [0.15, 0.2) is 18.2 Å². The lowest BCUT2D eigenvalue weighted by atomic mass is 10.1. The third kappa shape index (κ3) is 4.89. The molecule has 5 nitrogen and oxygen atoms in total. The number of ether oxygens (including phenoxy) is 1. The molecule has 0 spiro atoms. The Morgan fingerprint density at radius 2 is 2.16 bits per heavy atom. The van der Waals surface area contributed by atoms with E-state index in [2.05, 4.69) is 5.32 Å². The third-order valence-corrected chi connectivity index (χ3v) is 2.81. The van der Waals surface area contributed by atoms with Crippen LogP contribution < -0.4 is 5.32 Å². The largest absolute Gasteiger partial charge is 0.389 e. The van der Waals surface area contributed by atoms with Gasteiger partial charge in [-0.15, -0.1) is 0 Å². The van der Waals surface area contributed by atoms with Gasteiger partial charge in [-0.05, 0) is 25.5 Å². The van der Waals surface area contributed by atoms with E-state index in [1.807, 2.05) is 32.0 Å². The van der Waals surface area contributed by atoms with Crippen molar-refractivity contribution in [3.05, 3.63) is 29.3 Å². The van der Waals surface area contributed by atoms with Gasteiger partial charge in [0.2, 0.25) is 0 Å². The number of carbonyl (C=O) groups is 1. The van der Waals surface area contributed by atoms with E-state index >= 15 is 0 Å². The second-order valence-corrected chi connectivity index (χ2v) is 4.74. The van der Waals surface area contributed by atoms with Crippen molar-refractivity contribution in [1.82, 2.24) is 4.90 Å². The predicted octanol–water partition coefficient (Wildman–Crippen LogP) is 1.77. The molecule has 0 aliphatic carbocycles. The molecular weight excluding hydrogens is 244 g/mol. The van der Waals surface area contributed by atoms with E-state index in [0.29, 0.717) is 0 Å². The lowest BCUT2D eigenvalue weighted by Crippen LogP contribution is -2.38. The van der Waals surface area contributed by atoms with Gasteiger partial charge in [-0.2, -0.15) is 0 Å². The van der Waals surface area contributed by atoms with Crippen molar-refractivity contribution in [2.45, 2.75) is 20.0 Å². The second kappa shape index (κ2) is 7.11. The monoisotopic (exact) mass is 266 g/mol. The molecule has 0 heterocycles. The first-order chi connectivity index (χ1) is 8.93. The van der Waals surface area contributed by atoms with Crippen LogP contribution in [0.4, 0.5) is 10.5 Å². The van der Waals surface area contributed by atoms with Gasteiger partial charge in [0.05, 0.1) is 19.3 Å². The van der Waals surface area contributed by atoms with E-state index in [1.54, 1.807) is 7.05 Å². The quantitative estimate of drug-likeness (QED) is 0.854. The number of carbonyl (C=O) groups excluding carboxylic acids is 1. The first kappa shape index (κ1) is 15.5. The van der Waals surface area contributed by atoms with Gasteiger partial charge >= 0.3 is 6.03 Å².